The smallest absolute Gasteiger partial charge is 0.336 e. The Kier molecular flexibility index (Phi) is 4.85. The number of amides is 2. The second-order valence-corrected chi connectivity index (χ2v) is 5.89. The van der Waals surface area contributed by atoms with Crippen LogP contribution in [-0.2, 0) is 4.79 Å². The van der Waals surface area contributed by atoms with Crippen LogP contribution in [0.5, 0.6) is 5.75 Å². The first-order chi connectivity index (χ1) is 12.0. The van der Waals surface area contributed by atoms with E-state index in [-0.39, 0.29) is 12.3 Å². The van der Waals surface area contributed by atoms with Gasteiger partial charge in [-0.25, -0.2) is 4.79 Å². The van der Waals surface area contributed by atoms with E-state index >= 15 is 0 Å². The monoisotopic (exact) mass is 405 g/mol. The number of ether oxygens (including phenoxy) is 1. The van der Waals surface area contributed by atoms with E-state index < -0.39 is 17.4 Å². The molecule has 0 saturated heterocycles. The average Bonchev–Trinajstić information content (AvgIpc) is 3.04. The van der Waals surface area contributed by atoms with E-state index in [1.165, 1.54) is 12.1 Å². The molecule has 128 valence electrons. The van der Waals surface area contributed by atoms with Gasteiger partial charge in [-0.2, -0.15) is 0 Å². The Morgan fingerprint density at radius 3 is 2.72 bits per heavy atom. The maximum Gasteiger partial charge on any atom is 0.336 e. The third kappa shape index (κ3) is 4.27. The van der Waals surface area contributed by atoms with Gasteiger partial charge in [0.25, 0.3) is 11.8 Å². The van der Waals surface area contributed by atoms with Crippen molar-refractivity contribution in [3.63, 3.8) is 0 Å². The van der Waals surface area contributed by atoms with Crippen LogP contribution in [0.2, 0.25) is 0 Å². The molecule has 3 N–H and O–H groups in total. The number of carbonyl (C=O) groups is 2. The molecule has 9 heteroatoms. The first-order valence-electron chi connectivity index (χ1n) is 7.11. The minimum absolute atomic E-state index is 0.289. The van der Waals surface area contributed by atoms with E-state index in [1.54, 1.807) is 30.5 Å². The van der Waals surface area contributed by atoms with Crippen LogP contribution in [-0.4, -0.2) is 23.4 Å². The number of hydrogen-bond acceptors (Lipinski definition) is 5. The van der Waals surface area contributed by atoms with Gasteiger partial charge < -0.3 is 14.1 Å². The van der Waals surface area contributed by atoms with E-state index in [9.17, 15) is 14.4 Å². The summed E-state index contributed by atoms with van der Waals surface area (Å²) in [5.41, 5.74) is 4.67. The van der Waals surface area contributed by atoms with Crippen molar-refractivity contribution in [1.29, 1.82) is 0 Å². The first kappa shape index (κ1) is 16.8. The van der Waals surface area contributed by atoms with E-state index in [2.05, 4.69) is 31.8 Å². The molecule has 25 heavy (non-hydrogen) atoms. The van der Waals surface area contributed by atoms with E-state index in [4.69, 9.17) is 9.15 Å². The van der Waals surface area contributed by atoms with Gasteiger partial charge in [0, 0.05) is 28.2 Å². The van der Waals surface area contributed by atoms with Crippen LogP contribution in [0.3, 0.4) is 0 Å². The molecule has 0 aliphatic rings. The zero-order chi connectivity index (χ0) is 17.8. The van der Waals surface area contributed by atoms with Crippen LogP contribution in [0.4, 0.5) is 0 Å². The first-order valence-corrected chi connectivity index (χ1v) is 7.90. The maximum absolute atomic E-state index is 11.8. The van der Waals surface area contributed by atoms with Crippen molar-refractivity contribution in [3.05, 3.63) is 63.2 Å². The standard InChI is InChI=1S/C16H12BrN3O5/c17-10-5-12(18-7-10)16(23)20-19-14(21)8-24-11-3-1-9-2-4-15(22)25-13(9)6-11/h1-7,18H,8H2,(H,19,21)(H,20,23). The quantitative estimate of drug-likeness (QED) is 0.451. The molecule has 0 saturated carbocycles. The Morgan fingerprint density at radius 2 is 1.96 bits per heavy atom. The van der Waals surface area contributed by atoms with E-state index in [0.29, 0.717) is 11.3 Å². The van der Waals surface area contributed by atoms with Crippen molar-refractivity contribution >= 4 is 38.7 Å². The number of fused-ring (bicyclic) bond motifs is 1. The van der Waals surface area contributed by atoms with Crippen molar-refractivity contribution in [2.24, 2.45) is 0 Å². The van der Waals surface area contributed by atoms with Crippen LogP contribution < -0.4 is 21.2 Å². The fraction of sp³-hybridized carbons (Fsp3) is 0.0625. The molecule has 0 bridgehead atoms. The van der Waals surface area contributed by atoms with Crippen LogP contribution in [0, 0.1) is 0 Å². The Hall–Kier alpha value is -3.07. The van der Waals surface area contributed by atoms with Crippen LogP contribution in [0.25, 0.3) is 11.0 Å². The molecule has 8 nitrogen and oxygen atoms in total. The van der Waals surface area contributed by atoms with Gasteiger partial charge in [-0.15, -0.1) is 0 Å². The number of aromatic nitrogens is 1. The Bertz CT molecular complexity index is 995. The van der Waals surface area contributed by atoms with Crippen molar-refractivity contribution in [3.8, 4) is 5.75 Å². The number of rotatable bonds is 4. The molecule has 2 amide bonds. The second-order valence-electron chi connectivity index (χ2n) is 4.98. The van der Waals surface area contributed by atoms with Gasteiger partial charge in [-0.05, 0) is 40.2 Å². The summed E-state index contributed by atoms with van der Waals surface area (Å²) in [5, 5.41) is 0.737. The normalized spacial score (nSPS) is 10.4. The van der Waals surface area contributed by atoms with Gasteiger partial charge in [-0.1, -0.05) is 0 Å². The van der Waals surface area contributed by atoms with Gasteiger partial charge in [0.15, 0.2) is 6.61 Å². The van der Waals surface area contributed by atoms with Crippen molar-refractivity contribution in [1.82, 2.24) is 15.8 Å². The maximum atomic E-state index is 11.8. The second kappa shape index (κ2) is 7.22. The molecule has 3 aromatic rings. The summed E-state index contributed by atoms with van der Waals surface area (Å²) in [5.74, 6) is -0.684. The highest BCUT2D eigenvalue weighted by molar-refractivity contribution is 9.10. The molecule has 1 aromatic carbocycles. The number of nitrogens with one attached hydrogen (secondary N) is 3. The van der Waals surface area contributed by atoms with Crippen molar-refractivity contribution < 1.29 is 18.7 Å². The molecule has 0 unspecified atom stereocenters. The number of H-pyrrole nitrogens is 1. The summed E-state index contributed by atoms with van der Waals surface area (Å²) in [6, 6.07) is 9.38. The summed E-state index contributed by atoms with van der Waals surface area (Å²) in [4.78, 5) is 37.4. The predicted octanol–water partition coefficient (Wildman–Crippen LogP) is 1.72. The minimum Gasteiger partial charge on any atom is -0.484 e. The molecular formula is C16H12BrN3O5. The molecule has 0 fully saturated rings. The highest BCUT2D eigenvalue weighted by Gasteiger charge is 2.10. The highest BCUT2D eigenvalue weighted by atomic mass is 79.9. The van der Waals surface area contributed by atoms with Gasteiger partial charge in [-0.3, -0.25) is 20.4 Å². The van der Waals surface area contributed by atoms with Crippen LogP contribution >= 0.6 is 15.9 Å². The molecule has 2 aromatic heterocycles. The number of hydrazine groups is 1. The van der Waals surface area contributed by atoms with Crippen molar-refractivity contribution in [2.75, 3.05) is 6.61 Å². The SMILES string of the molecule is O=C(COc1ccc2ccc(=O)oc2c1)NNC(=O)c1cc(Br)c[nH]1. The van der Waals surface area contributed by atoms with Crippen LogP contribution in [0.15, 0.2) is 56.3 Å². The summed E-state index contributed by atoms with van der Waals surface area (Å²) < 4.78 is 11.1. The molecule has 0 spiro atoms. The molecule has 0 aliphatic heterocycles. The molecule has 0 radical (unpaired) electrons. The zero-order valence-corrected chi connectivity index (χ0v) is 14.3. The lowest BCUT2D eigenvalue weighted by molar-refractivity contribution is -0.123. The summed E-state index contributed by atoms with van der Waals surface area (Å²) >= 11 is 3.21. The Labute approximate surface area is 149 Å². The van der Waals surface area contributed by atoms with Crippen LogP contribution in [0.1, 0.15) is 10.5 Å². The summed E-state index contributed by atoms with van der Waals surface area (Å²) in [6.45, 7) is -0.322. The molecule has 2 heterocycles. The predicted molar refractivity (Wildman–Crippen MR) is 92.1 cm³/mol. The number of aromatic amines is 1. The third-order valence-electron chi connectivity index (χ3n) is 3.17. The molecular weight excluding hydrogens is 394 g/mol. The van der Waals surface area contributed by atoms with E-state index in [1.807, 2.05) is 0 Å². The van der Waals surface area contributed by atoms with Gasteiger partial charge in [0.05, 0.1) is 0 Å². The number of carbonyl (C=O) groups excluding carboxylic acids is 2. The molecule has 0 atom stereocenters. The number of halogens is 1. The lowest BCUT2D eigenvalue weighted by atomic mass is 10.2. The fourth-order valence-corrected chi connectivity index (χ4v) is 2.35. The van der Waals surface area contributed by atoms with Crippen molar-refractivity contribution in [2.45, 2.75) is 0 Å². The zero-order valence-electron chi connectivity index (χ0n) is 12.7. The number of benzene rings is 1. The molecule has 3 rings (SSSR count). The lowest BCUT2D eigenvalue weighted by Crippen LogP contribution is -2.43. The fourth-order valence-electron chi connectivity index (χ4n) is 2.01. The summed E-state index contributed by atoms with van der Waals surface area (Å²) in [6.07, 6.45) is 1.60. The van der Waals surface area contributed by atoms with E-state index in [0.717, 1.165) is 9.86 Å². The molecule has 0 aliphatic carbocycles. The number of hydrogen-bond donors (Lipinski definition) is 3. The summed E-state index contributed by atoms with van der Waals surface area (Å²) in [7, 11) is 0. The van der Waals surface area contributed by atoms with Gasteiger partial charge in [0.2, 0.25) is 0 Å². The lowest BCUT2D eigenvalue weighted by Gasteiger charge is -2.08. The Balaban J connectivity index is 1.53. The average molecular weight is 406 g/mol. The topological polar surface area (TPSA) is 113 Å². The largest absolute Gasteiger partial charge is 0.484 e. The van der Waals surface area contributed by atoms with Gasteiger partial charge >= 0.3 is 5.63 Å². The Morgan fingerprint density at radius 1 is 1.16 bits per heavy atom. The highest BCUT2D eigenvalue weighted by Crippen LogP contribution is 2.19. The van der Waals surface area contributed by atoms with Gasteiger partial charge in [0.1, 0.15) is 17.0 Å². The minimum atomic E-state index is -0.548. The third-order valence-corrected chi connectivity index (χ3v) is 3.63.